The smallest absolute Gasteiger partial charge is 0.315 e. The van der Waals surface area contributed by atoms with E-state index < -0.39 is 5.60 Å². The summed E-state index contributed by atoms with van der Waals surface area (Å²) in [6.07, 6.45) is 2.96. The topological polar surface area (TPSA) is 74.2 Å². The number of nitrogens with one attached hydrogen (secondary N) is 2. The first kappa shape index (κ1) is 16.2. The number of hydrogen-bond donors (Lipinski definition) is 3. The third-order valence-corrected chi connectivity index (χ3v) is 4.05. The predicted octanol–water partition coefficient (Wildman–Crippen LogP) is 2.59. The summed E-state index contributed by atoms with van der Waals surface area (Å²) in [7, 11) is 0. The monoisotopic (exact) mass is 301 g/mol. The molecule has 5 heteroatoms. The van der Waals surface area contributed by atoms with Gasteiger partial charge in [0.15, 0.2) is 0 Å². The van der Waals surface area contributed by atoms with Gasteiger partial charge in [-0.1, -0.05) is 38.1 Å². The summed E-state index contributed by atoms with van der Waals surface area (Å²) < 4.78 is 0. The lowest BCUT2D eigenvalue weighted by molar-refractivity contribution is 0.0349. The number of fused-ring (bicyclic) bond motifs is 1. The Morgan fingerprint density at radius 1 is 1.18 bits per heavy atom. The quantitative estimate of drug-likeness (QED) is 0.767. The summed E-state index contributed by atoms with van der Waals surface area (Å²) in [4.78, 5) is 16.2. The molecule has 3 N–H and O–H groups in total. The first-order valence-electron chi connectivity index (χ1n) is 7.64. The van der Waals surface area contributed by atoms with Crippen LogP contribution in [0.4, 0.5) is 4.79 Å². The van der Waals surface area contributed by atoms with Crippen LogP contribution in [0.5, 0.6) is 0 Å². The van der Waals surface area contributed by atoms with E-state index in [1.807, 2.05) is 44.2 Å². The fourth-order valence-electron chi connectivity index (χ4n) is 2.29. The third kappa shape index (κ3) is 3.95. The Bertz CT molecular complexity index is 633. The minimum absolute atomic E-state index is 0.250. The fraction of sp³-hybridized carbons (Fsp3) is 0.412. The molecule has 2 aromatic rings. The zero-order valence-corrected chi connectivity index (χ0v) is 13.1. The summed E-state index contributed by atoms with van der Waals surface area (Å²) in [5, 5.41) is 16.7. The average Bonchev–Trinajstić information content (AvgIpc) is 2.57. The average molecular weight is 301 g/mol. The Balaban J connectivity index is 1.93. The maximum absolute atomic E-state index is 11.9. The van der Waals surface area contributed by atoms with Crippen molar-refractivity contribution in [1.29, 1.82) is 0 Å². The molecule has 1 heterocycles. The molecule has 0 saturated heterocycles. The van der Waals surface area contributed by atoms with Crippen molar-refractivity contribution >= 4 is 16.9 Å². The number of carbonyl (C=O) groups is 1. The number of para-hydroxylation sites is 1. The Morgan fingerprint density at radius 2 is 1.91 bits per heavy atom. The number of amides is 2. The maximum Gasteiger partial charge on any atom is 0.315 e. The van der Waals surface area contributed by atoms with Crippen LogP contribution in [-0.4, -0.2) is 28.3 Å². The summed E-state index contributed by atoms with van der Waals surface area (Å²) >= 11 is 0. The van der Waals surface area contributed by atoms with E-state index >= 15 is 0 Å². The van der Waals surface area contributed by atoms with Gasteiger partial charge in [-0.15, -0.1) is 0 Å². The highest BCUT2D eigenvalue weighted by Crippen LogP contribution is 2.15. The number of pyridine rings is 1. The van der Waals surface area contributed by atoms with Crippen LogP contribution in [0.2, 0.25) is 0 Å². The molecule has 22 heavy (non-hydrogen) atoms. The number of nitrogens with zero attached hydrogens (tertiary/aromatic N) is 1. The molecule has 0 aliphatic heterocycles. The van der Waals surface area contributed by atoms with Crippen LogP contribution in [0.25, 0.3) is 10.9 Å². The zero-order chi connectivity index (χ0) is 16.0. The molecule has 1 aromatic heterocycles. The molecule has 0 atom stereocenters. The number of urea groups is 1. The second-order valence-electron chi connectivity index (χ2n) is 5.46. The van der Waals surface area contributed by atoms with Crippen LogP contribution in [0, 0.1) is 0 Å². The second-order valence-corrected chi connectivity index (χ2v) is 5.46. The SMILES string of the molecule is CCC(O)(CC)CNC(=O)NCc1cccc2cccnc12. The Morgan fingerprint density at radius 3 is 2.64 bits per heavy atom. The van der Waals surface area contributed by atoms with Gasteiger partial charge in [0, 0.05) is 24.7 Å². The van der Waals surface area contributed by atoms with Gasteiger partial charge in [0.1, 0.15) is 0 Å². The molecule has 118 valence electrons. The zero-order valence-electron chi connectivity index (χ0n) is 13.1. The highest BCUT2D eigenvalue weighted by molar-refractivity contribution is 5.82. The highest BCUT2D eigenvalue weighted by Gasteiger charge is 2.22. The standard InChI is InChI=1S/C17H23N3O2/c1-3-17(22,4-2)12-20-16(21)19-11-14-8-5-7-13-9-6-10-18-15(13)14/h5-10,22H,3-4,11-12H2,1-2H3,(H2,19,20,21). The lowest BCUT2D eigenvalue weighted by Crippen LogP contribution is -2.45. The van der Waals surface area contributed by atoms with E-state index in [0.717, 1.165) is 16.5 Å². The van der Waals surface area contributed by atoms with Gasteiger partial charge >= 0.3 is 6.03 Å². The largest absolute Gasteiger partial charge is 0.388 e. The van der Waals surface area contributed by atoms with Gasteiger partial charge in [-0.25, -0.2) is 4.79 Å². The molecule has 0 aliphatic rings. The lowest BCUT2D eigenvalue weighted by atomic mass is 9.98. The van der Waals surface area contributed by atoms with Crippen LogP contribution in [-0.2, 0) is 6.54 Å². The molecule has 2 rings (SSSR count). The Kier molecular flexibility index (Phi) is 5.33. The number of benzene rings is 1. The third-order valence-electron chi connectivity index (χ3n) is 4.05. The molecular formula is C17H23N3O2. The lowest BCUT2D eigenvalue weighted by Gasteiger charge is -2.25. The fourth-order valence-corrected chi connectivity index (χ4v) is 2.29. The van der Waals surface area contributed by atoms with Crippen LogP contribution in [0.1, 0.15) is 32.3 Å². The normalized spacial score (nSPS) is 11.4. The molecule has 1 aromatic carbocycles. The van der Waals surface area contributed by atoms with Gasteiger partial charge in [-0.2, -0.15) is 0 Å². The molecule has 0 saturated carbocycles. The Labute approximate surface area is 130 Å². The van der Waals surface area contributed by atoms with Crippen molar-refractivity contribution < 1.29 is 9.90 Å². The minimum Gasteiger partial charge on any atom is -0.388 e. The van der Waals surface area contributed by atoms with Gasteiger partial charge in [-0.3, -0.25) is 4.98 Å². The second kappa shape index (κ2) is 7.22. The summed E-state index contributed by atoms with van der Waals surface area (Å²) in [6, 6.07) is 9.50. The first-order chi connectivity index (χ1) is 10.6. The first-order valence-corrected chi connectivity index (χ1v) is 7.64. The van der Waals surface area contributed by atoms with Crippen molar-refractivity contribution in [1.82, 2.24) is 15.6 Å². The van der Waals surface area contributed by atoms with Crippen molar-refractivity contribution in [3.8, 4) is 0 Å². The number of hydrogen-bond acceptors (Lipinski definition) is 3. The van der Waals surface area contributed by atoms with Crippen molar-refractivity contribution in [2.75, 3.05) is 6.54 Å². The molecule has 0 fully saturated rings. The number of aromatic nitrogens is 1. The molecule has 2 amide bonds. The maximum atomic E-state index is 11.9. The van der Waals surface area contributed by atoms with Crippen molar-refractivity contribution in [3.63, 3.8) is 0 Å². The highest BCUT2D eigenvalue weighted by atomic mass is 16.3. The van der Waals surface area contributed by atoms with E-state index in [1.54, 1.807) is 6.20 Å². The van der Waals surface area contributed by atoms with Gasteiger partial charge < -0.3 is 15.7 Å². The van der Waals surface area contributed by atoms with E-state index in [1.165, 1.54) is 0 Å². The molecule has 0 spiro atoms. The van der Waals surface area contributed by atoms with Crippen molar-refractivity contribution in [3.05, 3.63) is 42.1 Å². The van der Waals surface area contributed by atoms with Gasteiger partial charge in [0.2, 0.25) is 0 Å². The van der Waals surface area contributed by atoms with Gasteiger partial charge in [0.05, 0.1) is 11.1 Å². The van der Waals surface area contributed by atoms with Crippen LogP contribution < -0.4 is 10.6 Å². The van der Waals surface area contributed by atoms with Crippen LogP contribution in [0.15, 0.2) is 36.5 Å². The van der Waals surface area contributed by atoms with E-state index in [0.29, 0.717) is 19.4 Å². The molecule has 5 nitrogen and oxygen atoms in total. The summed E-state index contributed by atoms with van der Waals surface area (Å²) in [5.74, 6) is 0. The van der Waals surface area contributed by atoms with Crippen molar-refractivity contribution in [2.45, 2.75) is 38.8 Å². The van der Waals surface area contributed by atoms with Crippen LogP contribution in [0.3, 0.4) is 0 Å². The molecule has 0 bridgehead atoms. The number of aliphatic hydroxyl groups is 1. The van der Waals surface area contributed by atoms with E-state index in [4.69, 9.17) is 0 Å². The van der Waals surface area contributed by atoms with Gasteiger partial charge in [-0.05, 0) is 24.5 Å². The van der Waals surface area contributed by atoms with Gasteiger partial charge in [0.25, 0.3) is 0 Å². The number of carbonyl (C=O) groups excluding carboxylic acids is 1. The molecule has 0 aliphatic carbocycles. The van der Waals surface area contributed by atoms with E-state index in [9.17, 15) is 9.90 Å². The molecular weight excluding hydrogens is 278 g/mol. The number of rotatable bonds is 6. The van der Waals surface area contributed by atoms with E-state index in [2.05, 4.69) is 15.6 Å². The minimum atomic E-state index is -0.835. The predicted molar refractivity (Wildman–Crippen MR) is 87.5 cm³/mol. The Hall–Kier alpha value is -2.14. The molecule has 0 radical (unpaired) electrons. The summed E-state index contributed by atoms with van der Waals surface area (Å²) in [6.45, 7) is 4.46. The van der Waals surface area contributed by atoms with E-state index in [-0.39, 0.29) is 12.6 Å². The summed E-state index contributed by atoms with van der Waals surface area (Å²) in [5.41, 5.74) is 1.02. The van der Waals surface area contributed by atoms with Crippen molar-refractivity contribution in [2.24, 2.45) is 0 Å². The molecule has 0 unspecified atom stereocenters. The van der Waals surface area contributed by atoms with Crippen LogP contribution >= 0.6 is 0 Å².